The van der Waals surface area contributed by atoms with Crippen molar-refractivity contribution in [2.75, 3.05) is 0 Å². The molecule has 0 spiro atoms. The Kier molecular flexibility index (Phi) is 3.87. The van der Waals surface area contributed by atoms with E-state index in [1.54, 1.807) is 6.92 Å². The van der Waals surface area contributed by atoms with E-state index in [0.29, 0.717) is 18.1 Å². The second kappa shape index (κ2) is 5.58. The lowest BCUT2D eigenvalue weighted by Gasteiger charge is -1.98. The summed E-state index contributed by atoms with van der Waals surface area (Å²) in [5.74, 6) is 1.45. The van der Waals surface area contributed by atoms with Gasteiger partial charge in [-0.15, -0.1) is 0 Å². The summed E-state index contributed by atoms with van der Waals surface area (Å²) in [5.41, 5.74) is 1.79. The van der Waals surface area contributed by atoms with Gasteiger partial charge in [0.15, 0.2) is 11.6 Å². The minimum atomic E-state index is 0.0753. The first-order chi connectivity index (χ1) is 8.69. The zero-order valence-electron chi connectivity index (χ0n) is 10.6. The quantitative estimate of drug-likeness (QED) is 0.759. The molecule has 0 unspecified atom stereocenters. The van der Waals surface area contributed by atoms with Crippen LogP contribution in [0.4, 0.5) is 0 Å². The van der Waals surface area contributed by atoms with Gasteiger partial charge in [0.1, 0.15) is 0 Å². The number of aryl methyl sites for hydroxylation is 1. The molecule has 4 nitrogen and oxygen atoms in total. The van der Waals surface area contributed by atoms with Crippen molar-refractivity contribution in [1.29, 1.82) is 0 Å². The fraction of sp³-hybridized carbons (Fsp3) is 0.357. The highest BCUT2D eigenvalue weighted by atomic mass is 16.5. The van der Waals surface area contributed by atoms with Gasteiger partial charge < -0.3 is 4.52 Å². The van der Waals surface area contributed by atoms with Gasteiger partial charge in [-0.2, -0.15) is 4.98 Å². The van der Waals surface area contributed by atoms with Gasteiger partial charge in [0.05, 0.1) is 0 Å². The largest absolute Gasteiger partial charge is 0.339 e. The van der Waals surface area contributed by atoms with Crippen molar-refractivity contribution in [2.24, 2.45) is 0 Å². The number of hydrogen-bond acceptors (Lipinski definition) is 4. The van der Waals surface area contributed by atoms with Crippen molar-refractivity contribution in [3.63, 3.8) is 0 Å². The smallest absolute Gasteiger partial charge is 0.226 e. The first-order valence-corrected chi connectivity index (χ1v) is 6.10. The van der Waals surface area contributed by atoms with Gasteiger partial charge in [0.2, 0.25) is 5.89 Å². The van der Waals surface area contributed by atoms with E-state index in [1.807, 2.05) is 24.3 Å². The highest BCUT2D eigenvalue weighted by Crippen LogP contribution is 2.10. The molecule has 94 valence electrons. The van der Waals surface area contributed by atoms with Gasteiger partial charge in [-0.1, -0.05) is 36.3 Å². The Hall–Kier alpha value is -1.97. The lowest BCUT2D eigenvalue weighted by Crippen LogP contribution is -1.95. The Morgan fingerprint density at radius 2 is 2.00 bits per heavy atom. The Morgan fingerprint density at radius 1 is 1.28 bits per heavy atom. The Balaban J connectivity index is 2.06. The normalized spacial score (nSPS) is 10.6. The molecule has 1 aromatic carbocycles. The van der Waals surface area contributed by atoms with E-state index in [9.17, 15) is 4.79 Å². The van der Waals surface area contributed by atoms with E-state index >= 15 is 0 Å². The van der Waals surface area contributed by atoms with Crippen molar-refractivity contribution in [3.8, 4) is 0 Å². The highest BCUT2D eigenvalue weighted by Gasteiger charge is 2.06. The second-order valence-corrected chi connectivity index (χ2v) is 4.28. The third kappa shape index (κ3) is 3.03. The molecule has 0 saturated heterocycles. The van der Waals surface area contributed by atoms with E-state index in [-0.39, 0.29) is 5.78 Å². The average Bonchev–Trinajstić information content (AvgIpc) is 2.78. The predicted molar refractivity (Wildman–Crippen MR) is 67.5 cm³/mol. The summed E-state index contributed by atoms with van der Waals surface area (Å²) >= 11 is 0. The summed E-state index contributed by atoms with van der Waals surface area (Å²) < 4.78 is 5.12. The van der Waals surface area contributed by atoms with Crippen LogP contribution in [0.15, 0.2) is 28.8 Å². The number of benzene rings is 1. The van der Waals surface area contributed by atoms with Crippen molar-refractivity contribution in [1.82, 2.24) is 10.1 Å². The van der Waals surface area contributed by atoms with Crippen LogP contribution in [0.1, 0.15) is 47.9 Å². The minimum absolute atomic E-state index is 0.0753. The molecule has 1 heterocycles. The lowest BCUT2D eigenvalue weighted by molar-refractivity contribution is 0.101. The molecule has 18 heavy (non-hydrogen) atoms. The molecule has 0 fully saturated rings. The van der Waals surface area contributed by atoms with Crippen LogP contribution in [0.3, 0.4) is 0 Å². The number of ketones is 1. The summed E-state index contributed by atoms with van der Waals surface area (Å²) in [5, 5.41) is 3.93. The van der Waals surface area contributed by atoms with Crippen molar-refractivity contribution in [2.45, 2.75) is 33.1 Å². The molecule has 4 heteroatoms. The Labute approximate surface area is 106 Å². The third-order valence-corrected chi connectivity index (χ3v) is 2.70. The zero-order valence-corrected chi connectivity index (χ0v) is 10.6. The van der Waals surface area contributed by atoms with E-state index < -0.39 is 0 Å². The summed E-state index contributed by atoms with van der Waals surface area (Å²) in [6.07, 6.45) is 2.44. The molecular weight excluding hydrogens is 228 g/mol. The molecule has 2 aromatic rings. The maximum absolute atomic E-state index is 11.2. The summed E-state index contributed by atoms with van der Waals surface area (Å²) in [4.78, 5) is 15.5. The molecule has 0 atom stereocenters. The number of rotatable bonds is 5. The Morgan fingerprint density at radius 3 is 2.61 bits per heavy atom. The van der Waals surface area contributed by atoms with Gasteiger partial charge in [-0.25, -0.2) is 0 Å². The number of carbonyl (C=O) groups excluding carboxylic acids is 1. The molecule has 0 aliphatic rings. The molecule has 0 aliphatic carbocycles. The van der Waals surface area contributed by atoms with Crippen LogP contribution in [-0.2, 0) is 12.8 Å². The Bertz CT molecular complexity index is 529. The van der Waals surface area contributed by atoms with Gasteiger partial charge in [-0.05, 0) is 18.9 Å². The van der Waals surface area contributed by atoms with Gasteiger partial charge in [0, 0.05) is 18.4 Å². The maximum atomic E-state index is 11.2. The van der Waals surface area contributed by atoms with Gasteiger partial charge in [-0.3, -0.25) is 4.79 Å². The van der Waals surface area contributed by atoms with Crippen LogP contribution in [0.25, 0.3) is 0 Å². The summed E-state index contributed by atoms with van der Waals surface area (Å²) in [6, 6.07) is 7.49. The van der Waals surface area contributed by atoms with Crippen LogP contribution in [0.2, 0.25) is 0 Å². The van der Waals surface area contributed by atoms with Gasteiger partial charge >= 0.3 is 0 Å². The predicted octanol–water partition coefficient (Wildman–Crippen LogP) is 2.82. The number of nitrogens with zero attached hydrogens (tertiary/aromatic N) is 2. The molecule has 0 N–H and O–H groups in total. The second-order valence-electron chi connectivity index (χ2n) is 4.28. The van der Waals surface area contributed by atoms with E-state index in [1.165, 1.54) is 0 Å². The number of carbonyl (C=O) groups is 1. The number of hydrogen-bond donors (Lipinski definition) is 0. The van der Waals surface area contributed by atoms with E-state index in [4.69, 9.17) is 4.52 Å². The number of Topliss-reactive ketones (excluding diaryl/α,β-unsaturated/α-hetero) is 1. The lowest BCUT2D eigenvalue weighted by atomic mass is 10.1. The molecule has 0 amide bonds. The van der Waals surface area contributed by atoms with Crippen molar-refractivity contribution < 1.29 is 9.32 Å². The topological polar surface area (TPSA) is 56.0 Å². The molecule has 0 saturated carbocycles. The van der Waals surface area contributed by atoms with E-state index in [2.05, 4.69) is 17.1 Å². The van der Waals surface area contributed by atoms with Crippen LogP contribution in [0, 0.1) is 0 Å². The van der Waals surface area contributed by atoms with Crippen molar-refractivity contribution >= 4 is 5.78 Å². The first kappa shape index (κ1) is 12.5. The van der Waals surface area contributed by atoms with Crippen LogP contribution >= 0.6 is 0 Å². The summed E-state index contributed by atoms with van der Waals surface area (Å²) in [7, 11) is 0. The zero-order chi connectivity index (χ0) is 13.0. The molecular formula is C14H16N2O2. The minimum Gasteiger partial charge on any atom is -0.339 e. The summed E-state index contributed by atoms with van der Waals surface area (Å²) in [6.45, 7) is 3.63. The highest BCUT2D eigenvalue weighted by molar-refractivity contribution is 5.93. The standard InChI is InChI=1S/C14H16N2O2/c1-3-4-14-15-13(16-18-14)9-11-5-7-12(8-6-11)10(2)17/h5-8H,3-4,9H2,1-2H3. The molecule has 2 rings (SSSR count). The fourth-order valence-electron chi connectivity index (χ4n) is 1.72. The van der Waals surface area contributed by atoms with Crippen LogP contribution in [-0.4, -0.2) is 15.9 Å². The van der Waals surface area contributed by atoms with Gasteiger partial charge in [0.25, 0.3) is 0 Å². The number of aromatic nitrogens is 2. The van der Waals surface area contributed by atoms with Crippen molar-refractivity contribution in [3.05, 3.63) is 47.1 Å². The third-order valence-electron chi connectivity index (χ3n) is 2.70. The maximum Gasteiger partial charge on any atom is 0.226 e. The molecule has 0 radical (unpaired) electrons. The van der Waals surface area contributed by atoms with Crippen LogP contribution < -0.4 is 0 Å². The molecule has 0 aliphatic heterocycles. The SMILES string of the molecule is CCCc1nc(Cc2ccc(C(C)=O)cc2)no1. The first-order valence-electron chi connectivity index (χ1n) is 6.10. The van der Waals surface area contributed by atoms with E-state index in [0.717, 1.165) is 24.0 Å². The molecule has 1 aromatic heterocycles. The fourth-order valence-corrected chi connectivity index (χ4v) is 1.72. The van der Waals surface area contributed by atoms with Crippen LogP contribution in [0.5, 0.6) is 0 Å². The average molecular weight is 244 g/mol. The molecule has 0 bridgehead atoms. The monoisotopic (exact) mass is 244 g/mol.